The number of fused-ring (bicyclic) bond motifs is 1. The largest absolute Gasteiger partial charge is 0.313 e. The van der Waals surface area contributed by atoms with Crippen LogP contribution in [0.1, 0.15) is 63.3 Å². The molecule has 1 aliphatic heterocycles. The van der Waals surface area contributed by atoms with Crippen molar-refractivity contribution in [2.75, 3.05) is 31.5 Å². The van der Waals surface area contributed by atoms with Gasteiger partial charge < -0.3 is 5.32 Å². The number of nitrogens with zero attached hydrogens (tertiary/aromatic N) is 4. The van der Waals surface area contributed by atoms with Gasteiger partial charge in [-0.3, -0.25) is 14.5 Å². The number of aromatic nitrogens is 2. The third kappa shape index (κ3) is 5.26. The van der Waals surface area contributed by atoms with E-state index in [2.05, 4.69) is 22.2 Å². The van der Waals surface area contributed by atoms with Crippen LogP contribution in [0.25, 0.3) is 0 Å². The van der Waals surface area contributed by atoms with E-state index in [1.54, 1.807) is 13.8 Å². The molecular formula is C26H33N5O4S2. The molecule has 0 aliphatic carbocycles. The number of hydrogen-bond donors (Lipinski definition) is 1. The highest BCUT2D eigenvalue weighted by Crippen LogP contribution is 2.38. The number of aryl methyl sites for hydroxylation is 2. The number of amides is 1. The summed E-state index contributed by atoms with van der Waals surface area (Å²) in [6.45, 7) is 12.6. The fourth-order valence-corrected chi connectivity index (χ4v) is 7.38. The van der Waals surface area contributed by atoms with E-state index < -0.39 is 15.9 Å². The first-order chi connectivity index (χ1) is 17.6. The van der Waals surface area contributed by atoms with E-state index in [1.807, 2.05) is 19.9 Å². The number of hydrogen-bond acceptors (Lipinski definition) is 7. The molecule has 1 amide bonds. The summed E-state index contributed by atoms with van der Waals surface area (Å²) in [4.78, 5) is 30.4. The highest BCUT2D eigenvalue weighted by atomic mass is 32.2. The molecule has 0 unspecified atom stereocenters. The Morgan fingerprint density at radius 1 is 1.11 bits per heavy atom. The van der Waals surface area contributed by atoms with E-state index in [0.29, 0.717) is 35.6 Å². The number of likely N-dealkylation sites (N-methyl/N-ethyl adjacent to an activating group) is 1. The maximum Gasteiger partial charge on any atom is 0.281 e. The van der Waals surface area contributed by atoms with E-state index in [1.165, 1.54) is 44.6 Å². The SMILES string of the molecule is CCN1CCc2c(sc(NC(=O)c3ccc(S(=O)(=O)N(CC)CC)cc3)c2C(=O)n2nc(C)cc2C)C1. The number of benzene rings is 1. The summed E-state index contributed by atoms with van der Waals surface area (Å²) in [6, 6.07) is 7.74. The molecule has 3 aromatic rings. The third-order valence-electron chi connectivity index (χ3n) is 6.69. The van der Waals surface area contributed by atoms with Crippen LogP contribution >= 0.6 is 11.3 Å². The van der Waals surface area contributed by atoms with Gasteiger partial charge in [0.25, 0.3) is 11.8 Å². The Morgan fingerprint density at radius 3 is 2.35 bits per heavy atom. The second-order valence-corrected chi connectivity index (χ2v) is 12.1. The molecule has 2 aromatic heterocycles. The molecule has 37 heavy (non-hydrogen) atoms. The van der Waals surface area contributed by atoms with Crippen molar-refractivity contribution in [1.82, 2.24) is 19.0 Å². The van der Waals surface area contributed by atoms with Gasteiger partial charge in [-0.25, -0.2) is 13.1 Å². The average molecular weight is 544 g/mol. The number of nitrogens with one attached hydrogen (secondary N) is 1. The van der Waals surface area contributed by atoms with Crippen LogP contribution in [0.3, 0.4) is 0 Å². The van der Waals surface area contributed by atoms with Gasteiger partial charge in [0.2, 0.25) is 10.0 Å². The van der Waals surface area contributed by atoms with Gasteiger partial charge in [0.1, 0.15) is 5.00 Å². The van der Waals surface area contributed by atoms with Gasteiger partial charge in [0, 0.05) is 42.3 Å². The topological polar surface area (TPSA) is 105 Å². The molecule has 1 aromatic carbocycles. The number of anilines is 1. The lowest BCUT2D eigenvalue weighted by Crippen LogP contribution is -2.30. The number of sulfonamides is 1. The minimum atomic E-state index is -3.62. The zero-order valence-corrected chi connectivity index (χ0v) is 23.5. The average Bonchev–Trinajstić information content (AvgIpc) is 3.41. The molecule has 0 bridgehead atoms. The molecule has 0 saturated heterocycles. The Balaban J connectivity index is 1.66. The van der Waals surface area contributed by atoms with Crippen LogP contribution in [0.2, 0.25) is 0 Å². The van der Waals surface area contributed by atoms with Gasteiger partial charge in [0.15, 0.2) is 0 Å². The molecule has 11 heteroatoms. The van der Waals surface area contributed by atoms with Crippen molar-refractivity contribution in [2.24, 2.45) is 0 Å². The number of carbonyl (C=O) groups excluding carboxylic acids is 2. The van der Waals surface area contributed by atoms with E-state index in [-0.39, 0.29) is 10.8 Å². The maximum atomic E-state index is 13.7. The third-order valence-corrected chi connectivity index (χ3v) is 9.88. The normalized spacial score (nSPS) is 14.1. The van der Waals surface area contributed by atoms with Crippen LogP contribution in [0.4, 0.5) is 5.00 Å². The minimum absolute atomic E-state index is 0.138. The molecule has 1 N–H and O–H groups in total. The lowest BCUT2D eigenvalue weighted by Gasteiger charge is -2.25. The van der Waals surface area contributed by atoms with E-state index in [0.717, 1.165) is 41.5 Å². The lowest BCUT2D eigenvalue weighted by atomic mass is 10.0. The quantitative estimate of drug-likeness (QED) is 0.462. The Bertz CT molecular complexity index is 1420. The molecule has 0 fully saturated rings. The zero-order valence-electron chi connectivity index (χ0n) is 21.9. The van der Waals surface area contributed by atoms with Crippen molar-refractivity contribution in [3.05, 3.63) is 63.3 Å². The van der Waals surface area contributed by atoms with E-state index in [9.17, 15) is 18.0 Å². The molecular weight excluding hydrogens is 510 g/mol. The summed E-state index contributed by atoms with van der Waals surface area (Å²) in [6.07, 6.45) is 0.716. The second-order valence-electron chi connectivity index (χ2n) is 9.04. The predicted octanol–water partition coefficient (Wildman–Crippen LogP) is 3.91. The van der Waals surface area contributed by atoms with E-state index >= 15 is 0 Å². The van der Waals surface area contributed by atoms with Crippen molar-refractivity contribution >= 4 is 38.2 Å². The van der Waals surface area contributed by atoms with Crippen molar-refractivity contribution in [1.29, 1.82) is 0 Å². The van der Waals surface area contributed by atoms with Crippen LogP contribution in [0.5, 0.6) is 0 Å². The molecule has 3 heterocycles. The smallest absolute Gasteiger partial charge is 0.281 e. The van der Waals surface area contributed by atoms with Crippen LogP contribution < -0.4 is 5.32 Å². The van der Waals surface area contributed by atoms with Crippen molar-refractivity contribution in [2.45, 2.75) is 52.5 Å². The molecule has 0 radical (unpaired) electrons. The van der Waals surface area contributed by atoms with Gasteiger partial charge in [-0.05, 0) is 62.7 Å². The van der Waals surface area contributed by atoms with E-state index in [4.69, 9.17) is 0 Å². The molecule has 4 rings (SSSR count). The minimum Gasteiger partial charge on any atom is -0.313 e. The monoisotopic (exact) mass is 543 g/mol. The van der Waals surface area contributed by atoms with Gasteiger partial charge >= 0.3 is 0 Å². The van der Waals surface area contributed by atoms with Crippen molar-refractivity contribution in [3.63, 3.8) is 0 Å². The van der Waals surface area contributed by atoms with Gasteiger partial charge in [-0.15, -0.1) is 11.3 Å². The Labute approximate surface area is 222 Å². The van der Waals surface area contributed by atoms with Crippen molar-refractivity contribution < 1.29 is 18.0 Å². The maximum absolute atomic E-state index is 13.7. The molecule has 9 nitrogen and oxygen atoms in total. The standard InChI is InChI=1S/C26H33N5O4S2/c1-6-29-14-13-21-22(16-29)36-25(23(21)26(33)31-18(5)15-17(4)28-31)27-24(32)19-9-11-20(12-10-19)37(34,35)30(7-2)8-3/h9-12,15H,6-8,13-14,16H2,1-5H3,(H,27,32). The Morgan fingerprint density at radius 2 is 1.78 bits per heavy atom. The van der Waals surface area contributed by atoms with Crippen LogP contribution in [0.15, 0.2) is 35.2 Å². The molecule has 0 spiro atoms. The predicted molar refractivity (Wildman–Crippen MR) is 145 cm³/mol. The molecule has 0 saturated carbocycles. The Kier molecular flexibility index (Phi) is 7.98. The highest BCUT2D eigenvalue weighted by molar-refractivity contribution is 7.89. The summed E-state index contributed by atoms with van der Waals surface area (Å²) in [5.74, 6) is -0.663. The fraction of sp³-hybridized carbons (Fsp3) is 0.423. The number of carbonyl (C=O) groups is 2. The van der Waals surface area contributed by atoms with Crippen LogP contribution in [-0.2, 0) is 23.0 Å². The molecule has 198 valence electrons. The second kappa shape index (κ2) is 10.9. The zero-order chi connectivity index (χ0) is 26.9. The first-order valence-electron chi connectivity index (χ1n) is 12.5. The van der Waals surface area contributed by atoms with Crippen molar-refractivity contribution in [3.8, 4) is 0 Å². The highest BCUT2D eigenvalue weighted by Gasteiger charge is 2.30. The molecule has 0 atom stereocenters. The van der Waals surface area contributed by atoms with Gasteiger partial charge in [-0.2, -0.15) is 9.40 Å². The summed E-state index contributed by atoms with van der Waals surface area (Å²) in [5.41, 5.74) is 3.23. The summed E-state index contributed by atoms with van der Waals surface area (Å²) < 4.78 is 28.3. The number of rotatable bonds is 8. The summed E-state index contributed by atoms with van der Waals surface area (Å²) >= 11 is 1.42. The van der Waals surface area contributed by atoms with Gasteiger partial charge in [0.05, 0.1) is 16.2 Å². The lowest BCUT2D eigenvalue weighted by molar-refractivity contribution is 0.0942. The summed E-state index contributed by atoms with van der Waals surface area (Å²) in [7, 11) is -3.62. The first kappa shape index (κ1) is 27.2. The number of thiophene rings is 1. The van der Waals surface area contributed by atoms with Crippen LogP contribution in [0, 0.1) is 13.8 Å². The molecule has 1 aliphatic rings. The Hall–Kier alpha value is -2.86. The first-order valence-corrected chi connectivity index (χ1v) is 14.7. The fourth-order valence-electron chi connectivity index (χ4n) is 4.65. The van der Waals surface area contributed by atoms with Gasteiger partial charge in [-0.1, -0.05) is 20.8 Å². The summed E-state index contributed by atoms with van der Waals surface area (Å²) in [5, 5.41) is 7.80. The van der Waals surface area contributed by atoms with Crippen LogP contribution in [-0.4, -0.2) is 65.4 Å².